The molecule has 3 N–H and O–H groups in total. The second kappa shape index (κ2) is 7.29. The summed E-state index contributed by atoms with van der Waals surface area (Å²) in [6, 6.07) is 8.10. The lowest BCUT2D eigenvalue weighted by Gasteiger charge is -2.08. The fourth-order valence-electron chi connectivity index (χ4n) is 3.45. The molecule has 0 aliphatic carbocycles. The lowest BCUT2D eigenvalue weighted by atomic mass is 10.1. The van der Waals surface area contributed by atoms with Crippen LogP contribution in [0.4, 0.5) is 17.5 Å². The standard InChI is InChI=1S/C20H21N7S/c1-12-2-3-15(11-21-9-12)24-20-25-17-6-7-28-18(17)19(26-20)23-14-4-5-16-13(8-14)10-22-27-16/h4-8,10,12,21H,2-3,9,11H2,1H3,(H,22,27)(H,23,25,26)/b24-15-. The van der Waals surface area contributed by atoms with Crippen LogP contribution in [-0.4, -0.2) is 39.0 Å². The van der Waals surface area contributed by atoms with Gasteiger partial charge in [0.05, 0.1) is 21.9 Å². The lowest BCUT2D eigenvalue weighted by Crippen LogP contribution is -2.22. The first-order chi connectivity index (χ1) is 13.7. The molecule has 142 valence electrons. The number of aromatic nitrogens is 4. The van der Waals surface area contributed by atoms with Gasteiger partial charge >= 0.3 is 0 Å². The summed E-state index contributed by atoms with van der Waals surface area (Å²) in [5, 5.41) is 17.1. The minimum atomic E-state index is 0.518. The second-order valence-electron chi connectivity index (χ2n) is 7.26. The van der Waals surface area contributed by atoms with E-state index in [2.05, 4.69) is 38.8 Å². The summed E-state index contributed by atoms with van der Waals surface area (Å²) in [4.78, 5) is 14.1. The van der Waals surface area contributed by atoms with Gasteiger partial charge in [-0.05, 0) is 54.9 Å². The summed E-state index contributed by atoms with van der Waals surface area (Å²) < 4.78 is 1.03. The van der Waals surface area contributed by atoms with Crippen LogP contribution in [0.1, 0.15) is 19.8 Å². The number of rotatable bonds is 3. The largest absolute Gasteiger partial charge is 0.339 e. The van der Waals surface area contributed by atoms with Crippen molar-refractivity contribution in [3.8, 4) is 0 Å². The van der Waals surface area contributed by atoms with E-state index in [-0.39, 0.29) is 0 Å². The van der Waals surface area contributed by atoms with Crippen LogP contribution >= 0.6 is 11.3 Å². The molecule has 7 nitrogen and oxygen atoms in total. The monoisotopic (exact) mass is 391 g/mol. The van der Waals surface area contributed by atoms with Gasteiger partial charge in [0.2, 0.25) is 0 Å². The first kappa shape index (κ1) is 17.3. The van der Waals surface area contributed by atoms with Crippen LogP contribution in [0.15, 0.2) is 40.8 Å². The average Bonchev–Trinajstić information content (AvgIpc) is 3.30. The maximum atomic E-state index is 4.77. The molecular formula is C20H21N7S. The van der Waals surface area contributed by atoms with Crippen molar-refractivity contribution in [3.05, 3.63) is 35.8 Å². The van der Waals surface area contributed by atoms with E-state index in [1.165, 1.54) is 0 Å². The molecule has 0 spiro atoms. The Morgan fingerprint density at radius 3 is 3.18 bits per heavy atom. The molecule has 1 aliphatic rings. The molecule has 28 heavy (non-hydrogen) atoms. The Labute approximate surface area is 166 Å². The number of aromatic amines is 1. The molecule has 1 aromatic carbocycles. The highest BCUT2D eigenvalue weighted by atomic mass is 32.1. The average molecular weight is 392 g/mol. The summed E-state index contributed by atoms with van der Waals surface area (Å²) >= 11 is 1.63. The highest BCUT2D eigenvalue weighted by molar-refractivity contribution is 7.17. The van der Waals surface area contributed by atoms with E-state index in [0.717, 1.165) is 64.3 Å². The van der Waals surface area contributed by atoms with Crippen LogP contribution in [0.3, 0.4) is 0 Å². The highest BCUT2D eigenvalue weighted by Crippen LogP contribution is 2.31. The van der Waals surface area contributed by atoms with Gasteiger partial charge in [-0.3, -0.25) is 5.10 Å². The van der Waals surface area contributed by atoms with Gasteiger partial charge in [0.1, 0.15) is 0 Å². The van der Waals surface area contributed by atoms with Crippen molar-refractivity contribution in [2.45, 2.75) is 19.8 Å². The van der Waals surface area contributed by atoms with Gasteiger partial charge in [-0.2, -0.15) is 10.1 Å². The number of nitrogens with one attached hydrogen (secondary N) is 3. The van der Waals surface area contributed by atoms with Crippen molar-refractivity contribution in [3.63, 3.8) is 0 Å². The van der Waals surface area contributed by atoms with Gasteiger partial charge in [-0.1, -0.05) is 6.92 Å². The number of benzene rings is 1. The van der Waals surface area contributed by atoms with Gasteiger partial charge in [0.25, 0.3) is 5.95 Å². The van der Waals surface area contributed by atoms with E-state index in [1.54, 1.807) is 11.3 Å². The number of hydrogen-bond donors (Lipinski definition) is 3. The summed E-state index contributed by atoms with van der Waals surface area (Å²) in [5.74, 6) is 1.98. The van der Waals surface area contributed by atoms with E-state index < -0.39 is 0 Å². The SMILES string of the molecule is CC1CC/C(=N/c2nc(Nc3ccc4[nH]ncc4c3)c3sccc3n2)CNC1. The maximum Gasteiger partial charge on any atom is 0.251 e. The molecule has 5 rings (SSSR count). The fourth-order valence-corrected chi connectivity index (χ4v) is 4.22. The third kappa shape index (κ3) is 3.48. The van der Waals surface area contributed by atoms with Crippen molar-refractivity contribution in [1.29, 1.82) is 0 Å². The molecule has 3 aromatic heterocycles. The molecule has 0 saturated carbocycles. The third-order valence-electron chi connectivity index (χ3n) is 5.00. The number of fused-ring (bicyclic) bond motifs is 2. The van der Waals surface area contributed by atoms with E-state index in [0.29, 0.717) is 11.9 Å². The minimum Gasteiger partial charge on any atom is -0.339 e. The van der Waals surface area contributed by atoms with Gasteiger partial charge < -0.3 is 10.6 Å². The van der Waals surface area contributed by atoms with Crippen LogP contribution in [0, 0.1) is 5.92 Å². The van der Waals surface area contributed by atoms with Crippen LogP contribution in [0.2, 0.25) is 0 Å². The molecule has 0 amide bonds. The third-order valence-corrected chi connectivity index (χ3v) is 5.91. The zero-order valence-corrected chi connectivity index (χ0v) is 16.4. The Hall–Kier alpha value is -2.84. The Morgan fingerprint density at radius 1 is 1.25 bits per heavy atom. The Balaban J connectivity index is 1.50. The smallest absolute Gasteiger partial charge is 0.251 e. The molecule has 0 bridgehead atoms. The Morgan fingerprint density at radius 2 is 2.21 bits per heavy atom. The number of aliphatic imine (C=N–C) groups is 1. The van der Waals surface area contributed by atoms with Crippen molar-refractivity contribution in [1.82, 2.24) is 25.5 Å². The molecule has 0 radical (unpaired) electrons. The predicted octanol–water partition coefficient (Wildman–Crippen LogP) is 4.40. The number of nitrogens with zero attached hydrogens (tertiary/aromatic N) is 4. The van der Waals surface area contributed by atoms with Gasteiger partial charge in [-0.15, -0.1) is 11.3 Å². The van der Waals surface area contributed by atoms with E-state index >= 15 is 0 Å². The lowest BCUT2D eigenvalue weighted by molar-refractivity contribution is 0.527. The highest BCUT2D eigenvalue weighted by Gasteiger charge is 2.14. The van der Waals surface area contributed by atoms with E-state index in [9.17, 15) is 0 Å². The van der Waals surface area contributed by atoms with E-state index in [1.807, 2.05) is 29.8 Å². The molecule has 1 aliphatic heterocycles. The first-order valence-electron chi connectivity index (χ1n) is 9.47. The summed E-state index contributed by atoms with van der Waals surface area (Å²) in [6.07, 6.45) is 3.94. The van der Waals surface area contributed by atoms with Crippen LogP contribution in [-0.2, 0) is 0 Å². The zero-order chi connectivity index (χ0) is 18.9. The Bertz CT molecular complexity index is 1160. The summed E-state index contributed by atoms with van der Waals surface area (Å²) in [5.41, 5.74) is 4.01. The van der Waals surface area contributed by atoms with Gasteiger partial charge in [0.15, 0.2) is 5.82 Å². The molecule has 1 unspecified atom stereocenters. The van der Waals surface area contributed by atoms with E-state index in [4.69, 9.17) is 9.98 Å². The Kier molecular flexibility index (Phi) is 4.50. The second-order valence-corrected chi connectivity index (χ2v) is 8.17. The van der Waals surface area contributed by atoms with Crippen LogP contribution in [0.5, 0.6) is 0 Å². The number of anilines is 2. The molecule has 1 atom stereocenters. The molecule has 1 fully saturated rings. The van der Waals surface area contributed by atoms with Crippen LogP contribution in [0.25, 0.3) is 21.1 Å². The summed E-state index contributed by atoms with van der Waals surface area (Å²) in [7, 11) is 0. The first-order valence-corrected chi connectivity index (χ1v) is 10.3. The van der Waals surface area contributed by atoms with Gasteiger partial charge in [0, 0.05) is 23.3 Å². The molecular weight excluding hydrogens is 370 g/mol. The number of thiophene rings is 1. The fraction of sp³-hybridized carbons (Fsp3) is 0.300. The topological polar surface area (TPSA) is 90.9 Å². The van der Waals surface area contributed by atoms with Crippen molar-refractivity contribution in [2.75, 3.05) is 18.4 Å². The van der Waals surface area contributed by atoms with Crippen LogP contribution < -0.4 is 10.6 Å². The van der Waals surface area contributed by atoms with Crippen molar-refractivity contribution in [2.24, 2.45) is 10.9 Å². The molecule has 1 saturated heterocycles. The predicted molar refractivity (Wildman–Crippen MR) is 115 cm³/mol. The quantitative estimate of drug-likeness (QED) is 0.481. The number of H-pyrrole nitrogens is 1. The van der Waals surface area contributed by atoms with Crippen molar-refractivity contribution < 1.29 is 0 Å². The molecule has 8 heteroatoms. The molecule has 4 aromatic rings. The number of hydrogen-bond acceptors (Lipinski definition) is 7. The summed E-state index contributed by atoms with van der Waals surface area (Å²) in [6.45, 7) is 4.10. The van der Waals surface area contributed by atoms with Crippen molar-refractivity contribution >= 4 is 55.6 Å². The van der Waals surface area contributed by atoms with Gasteiger partial charge in [-0.25, -0.2) is 9.98 Å². The minimum absolute atomic E-state index is 0.518. The normalized spacial score (nSPS) is 19.3. The molecule has 4 heterocycles. The zero-order valence-electron chi connectivity index (χ0n) is 15.6. The maximum absolute atomic E-state index is 4.77.